The van der Waals surface area contributed by atoms with E-state index in [4.69, 9.17) is 14.5 Å². The highest BCUT2D eigenvalue weighted by atomic mass is 16.5. The Labute approximate surface area is 183 Å². The molecule has 0 bridgehead atoms. The van der Waals surface area contributed by atoms with Crippen LogP contribution < -0.4 is 4.74 Å². The van der Waals surface area contributed by atoms with Gasteiger partial charge in [-0.05, 0) is 42.0 Å². The topological polar surface area (TPSA) is 67.5 Å². The maximum absolute atomic E-state index is 12.5. The Hall–Kier alpha value is -2.86. The molecule has 164 valence electrons. The minimum Gasteiger partial charge on any atom is -0.494 e. The molecule has 0 spiro atoms. The van der Waals surface area contributed by atoms with E-state index in [1.807, 2.05) is 11.0 Å². The average Bonchev–Trinajstić information content (AvgIpc) is 3.40. The maximum Gasteiger partial charge on any atom is 0.223 e. The number of benzene rings is 2. The molecule has 6 heteroatoms. The number of H-pyrrole nitrogens is 1. The summed E-state index contributed by atoms with van der Waals surface area (Å²) in [6, 6.07) is 12.6. The molecule has 1 atom stereocenters. The molecular weight excluding hydrogens is 390 g/mol. The predicted molar refractivity (Wildman–Crippen MR) is 122 cm³/mol. The van der Waals surface area contributed by atoms with E-state index in [0.717, 1.165) is 53.1 Å². The first-order valence-electron chi connectivity index (χ1n) is 11.0. The van der Waals surface area contributed by atoms with Crippen LogP contribution in [-0.4, -0.2) is 48.1 Å². The van der Waals surface area contributed by atoms with Crippen molar-refractivity contribution in [3.8, 4) is 17.1 Å². The van der Waals surface area contributed by atoms with E-state index in [2.05, 4.69) is 49.2 Å². The van der Waals surface area contributed by atoms with Crippen LogP contribution in [0.5, 0.6) is 5.75 Å². The standard InChI is InChI=1S/C25H31N3O3/c1-16(2)17-7-9-18(10-8-17)25-26-20-14-19(15-22(31-4)24(20)27-25)21(11-13-30-3)28-12-5-6-23(28)29/h7-10,14-16,21H,5-6,11-13H2,1-4H3,(H,26,27). The van der Waals surface area contributed by atoms with Gasteiger partial charge in [0.1, 0.15) is 17.1 Å². The fourth-order valence-electron chi connectivity index (χ4n) is 4.35. The highest BCUT2D eigenvalue weighted by Crippen LogP contribution is 2.36. The summed E-state index contributed by atoms with van der Waals surface area (Å²) in [5, 5.41) is 0. The third-order valence-corrected chi connectivity index (χ3v) is 6.12. The SMILES string of the molecule is COCCC(c1cc(OC)c2[nH]c(-c3ccc(C(C)C)cc3)nc2c1)N1CCCC1=O. The average molecular weight is 422 g/mol. The van der Waals surface area contributed by atoms with Crippen LogP contribution in [0, 0.1) is 0 Å². The first-order chi connectivity index (χ1) is 15.0. The number of amides is 1. The number of carbonyl (C=O) groups excluding carboxylic acids is 1. The fraction of sp³-hybridized carbons (Fsp3) is 0.440. The molecule has 4 rings (SSSR count). The smallest absolute Gasteiger partial charge is 0.223 e. The third kappa shape index (κ3) is 4.30. The number of nitrogens with zero attached hydrogens (tertiary/aromatic N) is 2. The van der Waals surface area contributed by atoms with Crippen LogP contribution in [0.1, 0.15) is 56.2 Å². The molecule has 1 unspecified atom stereocenters. The molecule has 1 fully saturated rings. The minimum absolute atomic E-state index is 0.0428. The monoisotopic (exact) mass is 421 g/mol. The van der Waals surface area contributed by atoms with Gasteiger partial charge in [-0.25, -0.2) is 4.98 Å². The molecule has 1 aliphatic rings. The van der Waals surface area contributed by atoms with Crippen molar-refractivity contribution in [1.82, 2.24) is 14.9 Å². The van der Waals surface area contributed by atoms with Crippen molar-refractivity contribution in [3.63, 3.8) is 0 Å². The van der Waals surface area contributed by atoms with Crippen LogP contribution >= 0.6 is 0 Å². The summed E-state index contributed by atoms with van der Waals surface area (Å²) >= 11 is 0. The second-order valence-corrected chi connectivity index (χ2v) is 8.47. The van der Waals surface area contributed by atoms with E-state index in [0.29, 0.717) is 18.9 Å². The minimum atomic E-state index is -0.0428. The van der Waals surface area contributed by atoms with Gasteiger partial charge in [-0.2, -0.15) is 0 Å². The lowest BCUT2D eigenvalue weighted by molar-refractivity contribution is -0.130. The number of likely N-dealkylation sites (tertiary alicyclic amines) is 1. The summed E-state index contributed by atoms with van der Waals surface area (Å²) in [5.41, 5.74) is 5.08. The molecule has 2 heterocycles. The van der Waals surface area contributed by atoms with E-state index in [-0.39, 0.29) is 11.9 Å². The Kier molecular flexibility index (Phi) is 6.28. The van der Waals surface area contributed by atoms with Gasteiger partial charge in [0.2, 0.25) is 5.91 Å². The number of hydrogen-bond acceptors (Lipinski definition) is 4. The van der Waals surface area contributed by atoms with Crippen molar-refractivity contribution in [2.45, 2.75) is 45.1 Å². The third-order valence-electron chi connectivity index (χ3n) is 6.12. The summed E-state index contributed by atoms with van der Waals surface area (Å²) in [6.07, 6.45) is 2.26. The number of aromatic amines is 1. The van der Waals surface area contributed by atoms with Gasteiger partial charge in [-0.15, -0.1) is 0 Å². The van der Waals surface area contributed by atoms with E-state index in [1.165, 1.54) is 5.56 Å². The number of aromatic nitrogens is 2. The molecule has 1 aromatic heterocycles. The Balaban J connectivity index is 1.74. The number of imidazole rings is 1. The normalized spacial score (nSPS) is 15.3. The molecule has 0 radical (unpaired) electrons. The number of fused-ring (bicyclic) bond motifs is 1. The second-order valence-electron chi connectivity index (χ2n) is 8.47. The van der Waals surface area contributed by atoms with Crippen molar-refractivity contribution < 1.29 is 14.3 Å². The lowest BCUT2D eigenvalue weighted by atomic mass is 10.0. The first kappa shape index (κ1) is 21.4. The van der Waals surface area contributed by atoms with Crippen molar-refractivity contribution in [3.05, 3.63) is 47.5 Å². The van der Waals surface area contributed by atoms with Crippen LogP contribution in [0.3, 0.4) is 0 Å². The Bertz CT molecular complexity index is 1060. The van der Waals surface area contributed by atoms with E-state index < -0.39 is 0 Å². The summed E-state index contributed by atoms with van der Waals surface area (Å²) in [7, 11) is 3.36. The zero-order chi connectivity index (χ0) is 22.0. The Morgan fingerprint density at radius 3 is 2.52 bits per heavy atom. The summed E-state index contributed by atoms with van der Waals surface area (Å²) < 4.78 is 11.0. The van der Waals surface area contributed by atoms with Gasteiger partial charge in [0.05, 0.1) is 18.7 Å². The van der Waals surface area contributed by atoms with Crippen LogP contribution in [0.2, 0.25) is 0 Å². The molecule has 1 amide bonds. The van der Waals surface area contributed by atoms with Gasteiger partial charge in [-0.1, -0.05) is 38.1 Å². The lowest BCUT2D eigenvalue weighted by Gasteiger charge is -2.28. The highest BCUT2D eigenvalue weighted by Gasteiger charge is 2.30. The van der Waals surface area contributed by atoms with Crippen LogP contribution in [-0.2, 0) is 9.53 Å². The number of ether oxygens (including phenoxy) is 2. The van der Waals surface area contributed by atoms with Crippen molar-refractivity contribution in [1.29, 1.82) is 0 Å². The Morgan fingerprint density at radius 2 is 1.90 bits per heavy atom. The predicted octanol–water partition coefficient (Wildman–Crippen LogP) is 5.06. The molecule has 0 saturated carbocycles. The molecule has 6 nitrogen and oxygen atoms in total. The van der Waals surface area contributed by atoms with Crippen LogP contribution in [0.15, 0.2) is 36.4 Å². The molecule has 1 N–H and O–H groups in total. The van der Waals surface area contributed by atoms with Gasteiger partial charge in [0, 0.05) is 32.2 Å². The quantitative estimate of drug-likeness (QED) is 0.552. The highest BCUT2D eigenvalue weighted by molar-refractivity contribution is 5.86. The number of methoxy groups -OCH3 is 2. The van der Waals surface area contributed by atoms with Crippen molar-refractivity contribution in [2.75, 3.05) is 27.4 Å². The van der Waals surface area contributed by atoms with E-state index in [1.54, 1.807) is 14.2 Å². The molecule has 0 aliphatic carbocycles. The van der Waals surface area contributed by atoms with Crippen LogP contribution in [0.4, 0.5) is 0 Å². The van der Waals surface area contributed by atoms with Crippen molar-refractivity contribution >= 4 is 16.9 Å². The van der Waals surface area contributed by atoms with E-state index in [9.17, 15) is 4.79 Å². The van der Waals surface area contributed by atoms with Gasteiger partial charge in [0.25, 0.3) is 0 Å². The number of carbonyl (C=O) groups is 1. The molecule has 31 heavy (non-hydrogen) atoms. The molecule has 2 aromatic carbocycles. The van der Waals surface area contributed by atoms with Crippen LogP contribution in [0.25, 0.3) is 22.4 Å². The van der Waals surface area contributed by atoms with E-state index >= 15 is 0 Å². The zero-order valence-electron chi connectivity index (χ0n) is 18.8. The maximum atomic E-state index is 12.5. The summed E-state index contributed by atoms with van der Waals surface area (Å²) in [6.45, 7) is 5.74. The Morgan fingerprint density at radius 1 is 1.13 bits per heavy atom. The zero-order valence-corrected chi connectivity index (χ0v) is 18.8. The summed E-state index contributed by atoms with van der Waals surface area (Å²) in [4.78, 5) is 22.7. The molecule has 1 aliphatic heterocycles. The first-order valence-corrected chi connectivity index (χ1v) is 11.0. The number of rotatable bonds is 8. The molecule has 3 aromatic rings. The number of nitrogens with one attached hydrogen (secondary N) is 1. The second kappa shape index (κ2) is 9.10. The van der Waals surface area contributed by atoms with Crippen molar-refractivity contribution in [2.24, 2.45) is 0 Å². The fourth-order valence-corrected chi connectivity index (χ4v) is 4.35. The summed E-state index contributed by atoms with van der Waals surface area (Å²) in [5.74, 6) is 2.24. The molecule has 1 saturated heterocycles. The van der Waals surface area contributed by atoms with Gasteiger partial charge in [-0.3, -0.25) is 4.79 Å². The largest absolute Gasteiger partial charge is 0.494 e. The van der Waals surface area contributed by atoms with Gasteiger partial charge in [0.15, 0.2) is 0 Å². The number of hydrogen-bond donors (Lipinski definition) is 1. The molecular formula is C25H31N3O3. The lowest BCUT2D eigenvalue weighted by Crippen LogP contribution is -2.30. The van der Waals surface area contributed by atoms with Gasteiger partial charge >= 0.3 is 0 Å². The van der Waals surface area contributed by atoms with Gasteiger partial charge < -0.3 is 19.4 Å².